The number of hydrogen-bond donors (Lipinski definition) is 1. The Morgan fingerprint density at radius 2 is 1.68 bits per heavy atom. The normalized spacial score (nSPS) is 12.9. The summed E-state index contributed by atoms with van der Waals surface area (Å²) in [6, 6.07) is 10.9. The first kappa shape index (κ1) is 13.8. The van der Waals surface area contributed by atoms with Gasteiger partial charge < -0.3 is 5.73 Å². The predicted molar refractivity (Wildman–Crippen MR) is 79.4 cm³/mol. The van der Waals surface area contributed by atoms with E-state index in [0.717, 1.165) is 11.4 Å². The van der Waals surface area contributed by atoms with Crippen LogP contribution < -0.4 is 5.73 Å². The third kappa shape index (κ3) is 2.87. The molecule has 2 N–H and O–H groups in total. The van der Waals surface area contributed by atoms with Gasteiger partial charge in [0, 0.05) is 12.2 Å². The standard InChI is InChI=1S/C16H23N3/c1-11(2)14-5-7-15(8-6-14)16(10-17)19-13(4)9-12(3)18-19/h5-9,11,16H,10,17H2,1-4H3. The maximum atomic E-state index is 5.95. The molecule has 0 aliphatic carbocycles. The number of aryl methyl sites for hydroxylation is 2. The lowest BCUT2D eigenvalue weighted by Crippen LogP contribution is -2.22. The van der Waals surface area contributed by atoms with Gasteiger partial charge in [-0.2, -0.15) is 5.10 Å². The van der Waals surface area contributed by atoms with Gasteiger partial charge in [-0.1, -0.05) is 38.1 Å². The number of rotatable bonds is 4. The van der Waals surface area contributed by atoms with Crippen LogP contribution in [0.15, 0.2) is 30.3 Å². The summed E-state index contributed by atoms with van der Waals surface area (Å²) in [5, 5.41) is 4.55. The van der Waals surface area contributed by atoms with Gasteiger partial charge >= 0.3 is 0 Å². The Morgan fingerprint density at radius 3 is 2.11 bits per heavy atom. The second-order valence-electron chi connectivity index (χ2n) is 5.44. The lowest BCUT2D eigenvalue weighted by atomic mass is 9.99. The second kappa shape index (κ2) is 5.57. The van der Waals surface area contributed by atoms with Crippen molar-refractivity contribution >= 4 is 0 Å². The monoisotopic (exact) mass is 257 g/mol. The molecule has 1 heterocycles. The van der Waals surface area contributed by atoms with Gasteiger partial charge in [-0.25, -0.2) is 0 Å². The largest absolute Gasteiger partial charge is 0.328 e. The summed E-state index contributed by atoms with van der Waals surface area (Å²) < 4.78 is 2.03. The number of aromatic nitrogens is 2. The average Bonchev–Trinajstić information content (AvgIpc) is 2.70. The molecule has 3 heteroatoms. The summed E-state index contributed by atoms with van der Waals surface area (Å²) in [7, 11) is 0. The van der Waals surface area contributed by atoms with Crippen molar-refractivity contribution in [3.8, 4) is 0 Å². The van der Waals surface area contributed by atoms with Crippen molar-refractivity contribution in [3.63, 3.8) is 0 Å². The Hall–Kier alpha value is -1.61. The van der Waals surface area contributed by atoms with Crippen LogP contribution in [0, 0.1) is 13.8 Å². The van der Waals surface area contributed by atoms with Crippen LogP contribution in [0.25, 0.3) is 0 Å². The SMILES string of the molecule is Cc1cc(C)n(C(CN)c2ccc(C(C)C)cc2)n1. The topological polar surface area (TPSA) is 43.8 Å². The first-order chi connectivity index (χ1) is 9.02. The number of nitrogens with two attached hydrogens (primary N) is 1. The van der Waals surface area contributed by atoms with Crippen molar-refractivity contribution in [1.82, 2.24) is 9.78 Å². The minimum atomic E-state index is 0.120. The fourth-order valence-electron chi connectivity index (χ4n) is 2.44. The fraction of sp³-hybridized carbons (Fsp3) is 0.438. The lowest BCUT2D eigenvalue weighted by molar-refractivity contribution is 0.516. The minimum Gasteiger partial charge on any atom is -0.328 e. The maximum absolute atomic E-state index is 5.95. The number of benzene rings is 1. The molecule has 0 saturated heterocycles. The molecule has 1 aromatic carbocycles. The lowest BCUT2D eigenvalue weighted by Gasteiger charge is -2.18. The summed E-state index contributed by atoms with van der Waals surface area (Å²) in [4.78, 5) is 0. The molecule has 2 rings (SSSR count). The third-order valence-electron chi connectivity index (χ3n) is 3.55. The van der Waals surface area contributed by atoms with E-state index in [1.807, 2.05) is 11.6 Å². The summed E-state index contributed by atoms with van der Waals surface area (Å²) in [5.41, 5.74) is 10.7. The minimum absolute atomic E-state index is 0.120. The highest BCUT2D eigenvalue weighted by atomic mass is 15.3. The van der Waals surface area contributed by atoms with E-state index in [0.29, 0.717) is 12.5 Å². The molecule has 0 fully saturated rings. The quantitative estimate of drug-likeness (QED) is 0.914. The van der Waals surface area contributed by atoms with E-state index in [1.165, 1.54) is 11.1 Å². The average molecular weight is 257 g/mol. The molecule has 0 aliphatic rings. The van der Waals surface area contributed by atoms with Crippen molar-refractivity contribution in [1.29, 1.82) is 0 Å². The van der Waals surface area contributed by atoms with Crippen LogP contribution in [0.2, 0.25) is 0 Å². The molecular weight excluding hydrogens is 234 g/mol. The smallest absolute Gasteiger partial charge is 0.0893 e. The highest BCUT2D eigenvalue weighted by molar-refractivity contribution is 5.28. The summed E-state index contributed by atoms with van der Waals surface area (Å²) in [6.45, 7) is 9.06. The molecule has 1 atom stereocenters. The summed E-state index contributed by atoms with van der Waals surface area (Å²) >= 11 is 0. The molecule has 3 nitrogen and oxygen atoms in total. The van der Waals surface area contributed by atoms with Gasteiger partial charge in [0.1, 0.15) is 0 Å². The van der Waals surface area contributed by atoms with Crippen LogP contribution in [-0.4, -0.2) is 16.3 Å². The summed E-state index contributed by atoms with van der Waals surface area (Å²) in [5.74, 6) is 0.555. The zero-order valence-electron chi connectivity index (χ0n) is 12.2. The summed E-state index contributed by atoms with van der Waals surface area (Å²) in [6.07, 6.45) is 0. The molecule has 19 heavy (non-hydrogen) atoms. The van der Waals surface area contributed by atoms with Gasteiger partial charge in [0.05, 0.1) is 11.7 Å². The molecule has 1 unspecified atom stereocenters. The Bertz CT molecular complexity index is 538. The maximum Gasteiger partial charge on any atom is 0.0893 e. The van der Waals surface area contributed by atoms with Gasteiger partial charge in [0.25, 0.3) is 0 Å². The Labute approximate surface area is 115 Å². The molecule has 102 valence electrons. The highest BCUT2D eigenvalue weighted by Gasteiger charge is 2.15. The van der Waals surface area contributed by atoms with E-state index in [-0.39, 0.29) is 6.04 Å². The van der Waals surface area contributed by atoms with Crippen LogP contribution >= 0.6 is 0 Å². The second-order valence-corrected chi connectivity index (χ2v) is 5.44. The highest BCUT2D eigenvalue weighted by Crippen LogP contribution is 2.22. The van der Waals surface area contributed by atoms with Crippen molar-refractivity contribution in [3.05, 3.63) is 52.8 Å². The van der Waals surface area contributed by atoms with E-state index in [4.69, 9.17) is 5.73 Å². The van der Waals surface area contributed by atoms with Crippen LogP contribution in [0.1, 0.15) is 48.3 Å². The molecule has 0 radical (unpaired) electrons. The zero-order valence-corrected chi connectivity index (χ0v) is 12.2. The van der Waals surface area contributed by atoms with Crippen molar-refractivity contribution in [2.75, 3.05) is 6.54 Å². The zero-order chi connectivity index (χ0) is 14.0. The number of hydrogen-bond acceptors (Lipinski definition) is 2. The van der Waals surface area contributed by atoms with E-state index in [2.05, 4.69) is 56.2 Å². The van der Waals surface area contributed by atoms with E-state index >= 15 is 0 Å². The molecule has 0 bridgehead atoms. The Kier molecular flexibility index (Phi) is 4.05. The van der Waals surface area contributed by atoms with Crippen molar-refractivity contribution in [2.24, 2.45) is 5.73 Å². The van der Waals surface area contributed by atoms with Gasteiger partial charge in [-0.3, -0.25) is 4.68 Å². The van der Waals surface area contributed by atoms with Crippen molar-refractivity contribution < 1.29 is 0 Å². The molecular formula is C16H23N3. The van der Waals surface area contributed by atoms with Crippen LogP contribution in [0.5, 0.6) is 0 Å². The number of nitrogens with zero attached hydrogens (tertiary/aromatic N) is 2. The van der Waals surface area contributed by atoms with Gasteiger partial charge in [-0.15, -0.1) is 0 Å². The molecule has 0 aliphatic heterocycles. The van der Waals surface area contributed by atoms with Crippen LogP contribution in [0.4, 0.5) is 0 Å². The first-order valence-electron chi connectivity index (χ1n) is 6.85. The van der Waals surface area contributed by atoms with E-state index < -0.39 is 0 Å². The molecule has 1 aromatic heterocycles. The molecule has 0 saturated carbocycles. The van der Waals surface area contributed by atoms with Gasteiger partial charge in [0.2, 0.25) is 0 Å². The predicted octanol–water partition coefficient (Wildman–Crippen LogP) is 3.17. The first-order valence-corrected chi connectivity index (χ1v) is 6.85. The van der Waals surface area contributed by atoms with Crippen molar-refractivity contribution in [2.45, 2.75) is 39.7 Å². The Morgan fingerprint density at radius 1 is 1.11 bits per heavy atom. The van der Waals surface area contributed by atoms with Gasteiger partial charge in [-0.05, 0) is 37.0 Å². The molecule has 0 spiro atoms. The van der Waals surface area contributed by atoms with Crippen LogP contribution in [-0.2, 0) is 0 Å². The fourth-order valence-corrected chi connectivity index (χ4v) is 2.44. The molecule has 0 amide bonds. The van der Waals surface area contributed by atoms with E-state index in [9.17, 15) is 0 Å². The van der Waals surface area contributed by atoms with E-state index in [1.54, 1.807) is 0 Å². The molecule has 2 aromatic rings. The third-order valence-corrected chi connectivity index (χ3v) is 3.55. The van der Waals surface area contributed by atoms with Gasteiger partial charge in [0.15, 0.2) is 0 Å². The Balaban J connectivity index is 2.34. The van der Waals surface area contributed by atoms with Crippen LogP contribution in [0.3, 0.4) is 0 Å².